The first-order valence-corrected chi connectivity index (χ1v) is 12.3. The maximum atomic E-state index is 12.6. The molecule has 0 spiro atoms. The normalized spacial score (nSPS) is 19.3. The SMILES string of the molecule is CC1(C)Cc2c(cnn2-c2ccccc2Cl)CN(CC2=NS(=O)(=O)c3ccccc3N2)C1. The number of para-hydroxylation sites is 2. The molecular formula is C23H24ClN5O2S. The lowest BCUT2D eigenvalue weighted by atomic mass is 9.87. The first kappa shape index (κ1) is 21.2. The Hall–Kier alpha value is -2.68. The number of nitrogens with one attached hydrogen (secondary N) is 1. The third-order valence-electron chi connectivity index (χ3n) is 5.78. The molecule has 0 amide bonds. The van der Waals surface area contributed by atoms with E-state index in [0.29, 0.717) is 29.6 Å². The molecule has 2 aliphatic rings. The summed E-state index contributed by atoms with van der Waals surface area (Å²) in [6.45, 7) is 6.24. The first-order valence-electron chi connectivity index (χ1n) is 10.4. The van der Waals surface area contributed by atoms with Crippen molar-refractivity contribution in [2.45, 2.75) is 31.7 Å². The molecule has 7 nitrogen and oxygen atoms in total. The van der Waals surface area contributed by atoms with E-state index in [1.807, 2.05) is 41.2 Å². The van der Waals surface area contributed by atoms with E-state index in [1.54, 1.807) is 18.2 Å². The first-order chi connectivity index (χ1) is 15.2. The fourth-order valence-electron chi connectivity index (χ4n) is 4.53. The highest BCUT2D eigenvalue weighted by Crippen LogP contribution is 2.33. The molecule has 0 atom stereocenters. The van der Waals surface area contributed by atoms with Crippen molar-refractivity contribution in [1.82, 2.24) is 14.7 Å². The van der Waals surface area contributed by atoms with Crippen LogP contribution in [0, 0.1) is 5.41 Å². The predicted octanol–water partition coefficient (Wildman–Crippen LogP) is 4.12. The van der Waals surface area contributed by atoms with Crippen molar-refractivity contribution in [3.63, 3.8) is 0 Å². The van der Waals surface area contributed by atoms with Crippen molar-refractivity contribution in [2.75, 3.05) is 18.4 Å². The Balaban J connectivity index is 1.46. The van der Waals surface area contributed by atoms with Gasteiger partial charge in [-0.1, -0.05) is 49.7 Å². The van der Waals surface area contributed by atoms with Gasteiger partial charge in [0.15, 0.2) is 0 Å². The summed E-state index contributed by atoms with van der Waals surface area (Å²) in [5.74, 6) is 0.432. The highest BCUT2D eigenvalue weighted by atomic mass is 35.5. The predicted molar refractivity (Wildman–Crippen MR) is 126 cm³/mol. The fourth-order valence-corrected chi connectivity index (χ4v) is 5.89. The molecule has 2 aromatic carbocycles. The molecule has 2 aliphatic heterocycles. The van der Waals surface area contributed by atoms with Crippen LogP contribution in [0.15, 0.2) is 64.0 Å². The maximum Gasteiger partial charge on any atom is 0.286 e. The largest absolute Gasteiger partial charge is 0.341 e. The van der Waals surface area contributed by atoms with Crippen molar-refractivity contribution in [3.05, 3.63) is 71.0 Å². The van der Waals surface area contributed by atoms with Crippen LogP contribution in [0.2, 0.25) is 5.02 Å². The number of sulfonamides is 1. The summed E-state index contributed by atoms with van der Waals surface area (Å²) in [6, 6.07) is 14.5. The molecule has 3 aromatic rings. The number of rotatable bonds is 3. The lowest BCUT2D eigenvalue weighted by Gasteiger charge is -2.30. The van der Waals surface area contributed by atoms with Gasteiger partial charge in [-0.2, -0.15) is 13.5 Å². The zero-order valence-corrected chi connectivity index (χ0v) is 19.5. The van der Waals surface area contributed by atoms with Crippen molar-refractivity contribution in [3.8, 4) is 5.69 Å². The van der Waals surface area contributed by atoms with Gasteiger partial charge in [0.05, 0.1) is 29.1 Å². The number of benzene rings is 2. The van der Waals surface area contributed by atoms with Gasteiger partial charge in [0.2, 0.25) is 0 Å². The van der Waals surface area contributed by atoms with Gasteiger partial charge in [0, 0.05) is 24.3 Å². The quantitative estimate of drug-likeness (QED) is 0.624. The van der Waals surface area contributed by atoms with E-state index in [4.69, 9.17) is 11.6 Å². The molecule has 3 heterocycles. The van der Waals surface area contributed by atoms with E-state index in [9.17, 15) is 8.42 Å². The fraction of sp³-hybridized carbons (Fsp3) is 0.304. The molecule has 1 aromatic heterocycles. The van der Waals surface area contributed by atoms with E-state index in [1.165, 1.54) is 0 Å². The molecule has 0 bridgehead atoms. The highest BCUT2D eigenvalue weighted by Gasteiger charge is 2.33. The smallest absolute Gasteiger partial charge is 0.286 e. The van der Waals surface area contributed by atoms with Gasteiger partial charge in [-0.15, -0.1) is 4.40 Å². The molecule has 0 aliphatic carbocycles. The van der Waals surface area contributed by atoms with Crippen molar-refractivity contribution in [2.24, 2.45) is 9.81 Å². The maximum absolute atomic E-state index is 12.6. The highest BCUT2D eigenvalue weighted by molar-refractivity contribution is 7.90. The summed E-state index contributed by atoms with van der Waals surface area (Å²) in [7, 11) is -3.71. The Morgan fingerprint density at radius 1 is 1.12 bits per heavy atom. The van der Waals surface area contributed by atoms with Gasteiger partial charge in [0.25, 0.3) is 10.0 Å². The van der Waals surface area contributed by atoms with Crippen LogP contribution < -0.4 is 5.32 Å². The molecule has 0 saturated carbocycles. The van der Waals surface area contributed by atoms with Gasteiger partial charge >= 0.3 is 0 Å². The van der Waals surface area contributed by atoms with E-state index < -0.39 is 10.0 Å². The van der Waals surface area contributed by atoms with Crippen LogP contribution in [-0.2, 0) is 23.0 Å². The van der Waals surface area contributed by atoms with Crippen LogP contribution in [0.25, 0.3) is 5.69 Å². The second-order valence-electron chi connectivity index (χ2n) is 9.10. The van der Waals surface area contributed by atoms with E-state index in [2.05, 4.69) is 33.6 Å². The average Bonchev–Trinajstić information content (AvgIpc) is 3.02. The van der Waals surface area contributed by atoms with Gasteiger partial charge in [-0.05, 0) is 36.1 Å². The lowest BCUT2D eigenvalue weighted by molar-refractivity contribution is 0.201. The van der Waals surface area contributed by atoms with Gasteiger partial charge < -0.3 is 5.32 Å². The summed E-state index contributed by atoms with van der Waals surface area (Å²) >= 11 is 6.44. The molecule has 166 valence electrons. The molecular weight excluding hydrogens is 446 g/mol. The van der Waals surface area contributed by atoms with Gasteiger partial charge in [-0.3, -0.25) is 4.90 Å². The van der Waals surface area contributed by atoms with Crippen LogP contribution in [0.3, 0.4) is 0 Å². The molecule has 32 heavy (non-hydrogen) atoms. The summed E-state index contributed by atoms with van der Waals surface area (Å²) < 4.78 is 31.3. The van der Waals surface area contributed by atoms with Gasteiger partial charge in [0.1, 0.15) is 10.7 Å². The second kappa shape index (κ2) is 7.72. The van der Waals surface area contributed by atoms with Crippen molar-refractivity contribution >= 4 is 33.1 Å². The van der Waals surface area contributed by atoms with Crippen LogP contribution in [0.1, 0.15) is 25.1 Å². The summed E-state index contributed by atoms with van der Waals surface area (Å²) in [5, 5.41) is 8.49. The minimum Gasteiger partial charge on any atom is -0.341 e. The number of nitrogens with zero attached hydrogens (tertiary/aromatic N) is 4. The molecule has 0 saturated heterocycles. The number of hydrogen-bond donors (Lipinski definition) is 1. The molecule has 0 fully saturated rings. The van der Waals surface area contributed by atoms with E-state index in [0.717, 1.165) is 29.9 Å². The van der Waals surface area contributed by atoms with Crippen LogP contribution in [-0.4, -0.2) is 42.0 Å². The Labute approximate surface area is 192 Å². The third kappa shape index (κ3) is 3.94. The monoisotopic (exact) mass is 469 g/mol. The molecule has 0 radical (unpaired) electrons. The number of hydrogen-bond acceptors (Lipinski definition) is 5. The Morgan fingerprint density at radius 3 is 2.69 bits per heavy atom. The number of fused-ring (bicyclic) bond motifs is 2. The summed E-state index contributed by atoms with van der Waals surface area (Å²) in [5.41, 5.74) is 3.60. The summed E-state index contributed by atoms with van der Waals surface area (Å²) in [4.78, 5) is 2.43. The molecule has 1 N–H and O–H groups in total. The zero-order chi connectivity index (χ0) is 22.5. The average molecular weight is 470 g/mol. The minimum atomic E-state index is -3.71. The Bertz CT molecular complexity index is 1330. The lowest BCUT2D eigenvalue weighted by Crippen LogP contribution is -2.39. The zero-order valence-electron chi connectivity index (χ0n) is 17.9. The molecule has 5 rings (SSSR count). The molecule has 9 heteroatoms. The number of aromatic nitrogens is 2. The standard InChI is InChI=1S/C23H24ClN5O2S/c1-23(2)11-20-16(12-25-29(20)19-9-5-3-7-17(19)24)13-28(15-23)14-22-26-18-8-4-6-10-21(18)32(30,31)27-22/h3-10,12H,11,13-15H2,1-2H3,(H,26,27). The Morgan fingerprint density at radius 2 is 1.88 bits per heavy atom. The minimum absolute atomic E-state index is 0.0592. The van der Waals surface area contributed by atoms with E-state index in [-0.39, 0.29) is 10.3 Å². The topological polar surface area (TPSA) is 79.6 Å². The van der Waals surface area contributed by atoms with Gasteiger partial charge in [-0.25, -0.2) is 4.68 Å². The van der Waals surface area contributed by atoms with E-state index >= 15 is 0 Å². The number of amidine groups is 1. The number of anilines is 1. The second-order valence-corrected chi connectivity index (χ2v) is 11.1. The van der Waals surface area contributed by atoms with Crippen LogP contribution in [0.5, 0.6) is 0 Å². The van der Waals surface area contributed by atoms with Crippen LogP contribution >= 0.6 is 11.6 Å². The summed E-state index contributed by atoms with van der Waals surface area (Å²) in [6.07, 6.45) is 2.71. The van der Waals surface area contributed by atoms with Crippen LogP contribution in [0.4, 0.5) is 5.69 Å². The molecule has 0 unspecified atom stereocenters. The Kier molecular flexibility index (Phi) is 5.11. The van der Waals surface area contributed by atoms with Crippen molar-refractivity contribution in [1.29, 1.82) is 0 Å². The van der Waals surface area contributed by atoms with Crippen molar-refractivity contribution < 1.29 is 8.42 Å². The third-order valence-corrected chi connectivity index (χ3v) is 7.47. The number of halogens is 1.